The van der Waals surface area contributed by atoms with Gasteiger partial charge in [-0.3, -0.25) is 0 Å². The van der Waals surface area contributed by atoms with Crippen LogP contribution in [0.4, 0.5) is 0 Å². The van der Waals surface area contributed by atoms with Gasteiger partial charge in [0.2, 0.25) is 0 Å². The molecule has 0 fully saturated rings. The van der Waals surface area contributed by atoms with Gasteiger partial charge in [-0.25, -0.2) is 4.99 Å². The highest BCUT2D eigenvalue weighted by Gasteiger charge is 2.01. The van der Waals surface area contributed by atoms with Gasteiger partial charge in [-0.15, -0.1) is 24.0 Å². The summed E-state index contributed by atoms with van der Waals surface area (Å²) in [4.78, 5) is 4.63. The zero-order valence-corrected chi connectivity index (χ0v) is 17.7. The molecule has 0 saturated carbocycles. The van der Waals surface area contributed by atoms with Crippen LogP contribution in [0, 0.1) is 0 Å². The van der Waals surface area contributed by atoms with Crippen molar-refractivity contribution in [3.63, 3.8) is 0 Å². The topological polar surface area (TPSA) is 68.0 Å². The smallest absolute Gasteiger partial charge is 0.191 e. The van der Waals surface area contributed by atoms with Crippen molar-refractivity contribution < 1.29 is 13.9 Å². The number of aliphatic imine (C=N–C) groups is 1. The van der Waals surface area contributed by atoms with E-state index in [-0.39, 0.29) is 24.0 Å². The van der Waals surface area contributed by atoms with E-state index in [1.54, 1.807) is 13.4 Å². The van der Waals surface area contributed by atoms with Gasteiger partial charge in [0.1, 0.15) is 11.5 Å². The van der Waals surface area contributed by atoms with Crippen molar-refractivity contribution >= 4 is 29.9 Å². The minimum absolute atomic E-state index is 0. The molecule has 26 heavy (non-hydrogen) atoms. The van der Waals surface area contributed by atoms with Gasteiger partial charge in [0.05, 0.1) is 26.5 Å². The predicted molar refractivity (Wildman–Crippen MR) is 114 cm³/mol. The van der Waals surface area contributed by atoms with E-state index in [4.69, 9.17) is 13.9 Å². The molecule has 0 aliphatic rings. The van der Waals surface area contributed by atoms with Gasteiger partial charge in [0, 0.05) is 26.1 Å². The molecule has 0 bridgehead atoms. The molecule has 2 rings (SSSR count). The van der Waals surface area contributed by atoms with E-state index in [2.05, 4.69) is 15.6 Å². The van der Waals surface area contributed by atoms with Crippen LogP contribution in [0.3, 0.4) is 0 Å². The summed E-state index contributed by atoms with van der Waals surface area (Å²) >= 11 is 0. The van der Waals surface area contributed by atoms with Crippen LogP contribution in [0.5, 0.6) is 5.75 Å². The van der Waals surface area contributed by atoms with Crippen molar-refractivity contribution in [3.05, 3.63) is 54.0 Å². The van der Waals surface area contributed by atoms with Crippen molar-refractivity contribution in [1.29, 1.82) is 0 Å². The molecule has 0 aliphatic carbocycles. The van der Waals surface area contributed by atoms with Crippen LogP contribution in [0.1, 0.15) is 18.2 Å². The fraction of sp³-hybridized carbons (Fsp3) is 0.421. The highest BCUT2D eigenvalue weighted by molar-refractivity contribution is 14.0. The summed E-state index contributed by atoms with van der Waals surface area (Å²) in [7, 11) is 1.66. The van der Waals surface area contributed by atoms with Gasteiger partial charge in [0.15, 0.2) is 5.96 Å². The largest absolute Gasteiger partial charge is 0.497 e. The summed E-state index contributed by atoms with van der Waals surface area (Å²) in [5.74, 6) is 2.57. The number of methoxy groups -OCH3 is 1. The quantitative estimate of drug-likeness (QED) is 0.240. The number of hydrogen-bond donors (Lipinski definition) is 2. The Hall–Kier alpha value is -1.74. The van der Waals surface area contributed by atoms with Crippen molar-refractivity contribution in [2.24, 2.45) is 4.99 Å². The van der Waals surface area contributed by atoms with Crippen molar-refractivity contribution in [2.45, 2.75) is 19.9 Å². The first-order valence-electron chi connectivity index (χ1n) is 8.57. The van der Waals surface area contributed by atoms with Gasteiger partial charge < -0.3 is 24.5 Å². The maximum absolute atomic E-state index is 5.36. The van der Waals surface area contributed by atoms with E-state index in [0.717, 1.165) is 36.0 Å². The molecule has 7 heteroatoms. The lowest BCUT2D eigenvalue weighted by Crippen LogP contribution is -2.40. The second kappa shape index (κ2) is 13.5. The summed E-state index contributed by atoms with van der Waals surface area (Å²) in [5.41, 5.74) is 1.12. The summed E-state index contributed by atoms with van der Waals surface area (Å²) in [6, 6.07) is 11.8. The maximum atomic E-state index is 5.36. The molecule has 2 N–H and O–H groups in total. The highest BCUT2D eigenvalue weighted by atomic mass is 127. The standard InChI is InChI=1S/C19H27N3O3.HI/c1-3-24-14-12-21-19(20-11-10-18-5-4-13-25-18)22-15-16-6-8-17(23-2)9-7-16;/h4-9,13H,3,10-12,14-15H2,1-2H3,(H2,20,21,22);1H. The first-order valence-corrected chi connectivity index (χ1v) is 8.57. The lowest BCUT2D eigenvalue weighted by Gasteiger charge is -2.12. The van der Waals surface area contributed by atoms with Crippen LogP contribution in [0.2, 0.25) is 0 Å². The van der Waals surface area contributed by atoms with E-state index in [9.17, 15) is 0 Å². The van der Waals surface area contributed by atoms with Crippen molar-refractivity contribution in [3.8, 4) is 5.75 Å². The van der Waals surface area contributed by atoms with Crippen LogP contribution >= 0.6 is 24.0 Å². The molecule has 0 atom stereocenters. The Morgan fingerprint density at radius 2 is 1.88 bits per heavy atom. The fourth-order valence-corrected chi connectivity index (χ4v) is 2.22. The van der Waals surface area contributed by atoms with Gasteiger partial charge in [-0.1, -0.05) is 12.1 Å². The molecule has 0 saturated heterocycles. The minimum atomic E-state index is 0. The number of hydrogen-bond acceptors (Lipinski definition) is 4. The summed E-state index contributed by atoms with van der Waals surface area (Å²) in [6.45, 7) is 5.40. The Balaban J connectivity index is 0.00000338. The number of nitrogens with zero attached hydrogens (tertiary/aromatic N) is 1. The number of ether oxygens (including phenoxy) is 2. The molecule has 2 aromatic rings. The third-order valence-corrected chi connectivity index (χ3v) is 3.57. The average molecular weight is 473 g/mol. The Bertz CT molecular complexity index is 615. The molecule has 0 radical (unpaired) electrons. The monoisotopic (exact) mass is 473 g/mol. The minimum Gasteiger partial charge on any atom is -0.497 e. The lowest BCUT2D eigenvalue weighted by atomic mass is 10.2. The Labute approximate surface area is 172 Å². The second-order valence-electron chi connectivity index (χ2n) is 5.39. The first kappa shape index (κ1) is 22.3. The number of guanidine groups is 1. The normalized spacial score (nSPS) is 10.9. The Morgan fingerprint density at radius 1 is 1.12 bits per heavy atom. The molecule has 6 nitrogen and oxygen atoms in total. The zero-order chi connectivity index (χ0) is 17.7. The molecular weight excluding hydrogens is 445 g/mol. The lowest BCUT2D eigenvalue weighted by molar-refractivity contribution is 0.152. The van der Waals surface area contributed by atoms with E-state index in [1.165, 1.54) is 0 Å². The van der Waals surface area contributed by atoms with Crippen molar-refractivity contribution in [1.82, 2.24) is 10.6 Å². The van der Waals surface area contributed by atoms with Crippen LogP contribution < -0.4 is 15.4 Å². The fourth-order valence-electron chi connectivity index (χ4n) is 2.22. The summed E-state index contributed by atoms with van der Waals surface area (Å²) in [5, 5.41) is 6.61. The van der Waals surface area contributed by atoms with Gasteiger partial charge >= 0.3 is 0 Å². The average Bonchev–Trinajstić information content (AvgIpc) is 3.16. The van der Waals surface area contributed by atoms with Gasteiger partial charge in [-0.05, 0) is 36.8 Å². The molecule has 0 aliphatic heterocycles. The van der Waals surface area contributed by atoms with E-state index >= 15 is 0 Å². The van der Waals surface area contributed by atoms with Gasteiger partial charge in [-0.2, -0.15) is 0 Å². The highest BCUT2D eigenvalue weighted by Crippen LogP contribution is 2.11. The van der Waals surface area contributed by atoms with Crippen LogP contribution in [-0.2, 0) is 17.7 Å². The predicted octanol–water partition coefficient (Wildman–Crippen LogP) is 3.22. The SMILES string of the molecule is CCOCCNC(=NCc1ccc(OC)cc1)NCCc1ccco1.I. The second-order valence-corrected chi connectivity index (χ2v) is 5.39. The van der Waals surface area contributed by atoms with Crippen LogP contribution in [0.15, 0.2) is 52.1 Å². The number of nitrogens with one attached hydrogen (secondary N) is 2. The third kappa shape index (κ3) is 8.57. The molecular formula is C19H28IN3O3. The van der Waals surface area contributed by atoms with Gasteiger partial charge in [0.25, 0.3) is 0 Å². The molecule has 0 unspecified atom stereocenters. The number of halogens is 1. The van der Waals surface area contributed by atoms with E-state index < -0.39 is 0 Å². The molecule has 1 heterocycles. The number of rotatable bonds is 10. The number of furan rings is 1. The van der Waals surface area contributed by atoms with E-state index in [1.807, 2.05) is 43.3 Å². The number of benzene rings is 1. The Morgan fingerprint density at radius 3 is 2.54 bits per heavy atom. The first-order chi connectivity index (χ1) is 12.3. The zero-order valence-electron chi connectivity index (χ0n) is 15.4. The van der Waals surface area contributed by atoms with Crippen molar-refractivity contribution in [2.75, 3.05) is 33.4 Å². The summed E-state index contributed by atoms with van der Waals surface area (Å²) in [6.07, 6.45) is 2.50. The molecule has 1 aromatic heterocycles. The Kier molecular flexibility index (Phi) is 11.5. The van der Waals surface area contributed by atoms with Crippen LogP contribution in [-0.4, -0.2) is 39.4 Å². The molecule has 0 amide bonds. The molecule has 144 valence electrons. The molecule has 1 aromatic carbocycles. The third-order valence-electron chi connectivity index (χ3n) is 3.57. The van der Waals surface area contributed by atoms with E-state index in [0.29, 0.717) is 26.3 Å². The summed E-state index contributed by atoms with van der Waals surface area (Å²) < 4.78 is 15.9. The maximum Gasteiger partial charge on any atom is 0.191 e. The molecule has 0 spiro atoms. The van der Waals surface area contributed by atoms with Crippen LogP contribution in [0.25, 0.3) is 0 Å².